The minimum Gasteiger partial charge on any atom is -0.368 e. The molecule has 6 nitrogen and oxygen atoms in total. The van der Waals surface area contributed by atoms with Crippen molar-refractivity contribution in [1.82, 2.24) is 10.2 Å². The topological polar surface area (TPSA) is 64.7 Å². The fourth-order valence-corrected chi connectivity index (χ4v) is 4.19. The summed E-state index contributed by atoms with van der Waals surface area (Å²) in [5.41, 5.74) is 4.60. The predicted molar refractivity (Wildman–Crippen MR) is 141 cm³/mol. The number of thiocarbonyl (C=S) groups is 1. The maximum absolute atomic E-state index is 12.6. The molecule has 2 amide bonds. The number of piperazine rings is 1. The Labute approximate surface area is 205 Å². The van der Waals surface area contributed by atoms with Crippen molar-refractivity contribution in [2.24, 2.45) is 0 Å². The Morgan fingerprint density at radius 2 is 1.44 bits per heavy atom. The summed E-state index contributed by atoms with van der Waals surface area (Å²) in [4.78, 5) is 28.6. The monoisotopic (exact) mass is 472 g/mol. The van der Waals surface area contributed by atoms with Crippen LogP contribution in [0.15, 0.2) is 78.9 Å². The Balaban J connectivity index is 1.28. The van der Waals surface area contributed by atoms with Crippen molar-refractivity contribution in [2.45, 2.75) is 13.3 Å². The fourth-order valence-electron chi connectivity index (χ4n) is 3.98. The number of amides is 2. The van der Waals surface area contributed by atoms with Gasteiger partial charge in [0.2, 0.25) is 5.91 Å². The largest absolute Gasteiger partial charge is 0.368 e. The van der Waals surface area contributed by atoms with Crippen LogP contribution in [0, 0.1) is 0 Å². The van der Waals surface area contributed by atoms with E-state index in [0.717, 1.165) is 48.7 Å². The van der Waals surface area contributed by atoms with E-state index in [9.17, 15) is 9.59 Å². The first kappa shape index (κ1) is 23.4. The third-order valence-corrected chi connectivity index (χ3v) is 6.11. The highest BCUT2D eigenvalue weighted by molar-refractivity contribution is 7.80. The summed E-state index contributed by atoms with van der Waals surface area (Å²) in [7, 11) is 0. The van der Waals surface area contributed by atoms with Crippen LogP contribution in [0.1, 0.15) is 23.7 Å². The molecule has 1 aliphatic heterocycles. The molecule has 1 aliphatic rings. The fraction of sp³-hybridized carbons (Fsp3) is 0.222. The molecular formula is C27H28N4O2S. The van der Waals surface area contributed by atoms with Crippen LogP contribution in [0.25, 0.3) is 11.1 Å². The summed E-state index contributed by atoms with van der Waals surface area (Å²) in [6.07, 6.45) is 0.551. The van der Waals surface area contributed by atoms with Gasteiger partial charge in [-0.15, -0.1) is 0 Å². The van der Waals surface area contributed by atoms with E-state index in [4.69, 9.17) is 12.2 Å². The van der Waals surface area contributed by atoms with Crippen molar-refractivity contribution in [3.63, 3.8) is 0 Å². The standard InChI is InChI=1S/C27H28N4O2S/c1-2-25(32)31-18-16-30(17-19-31)24-14-12-23(13-15-24)28-27(34)29-26(33)22-10-8-21(9-11-22)20-6-4-3-5-7-20/h3-15H,2,16-19H2,1H3,(H2,28,29,33,34). The second kappa shape index (κ2) is 10.9. The number of hydrogen-bond acceptors (Lipinski definition) is 4. The SMILES string of the molecule is CCC(=O)N1CCN(c2ccc(NC(=S)NC(=O)c3ccc(-c4ccccc4)cc3)cc2)CC1. The van der Waals surface area contributed by atoms with Crippen LogP contribution in [0.3, 0.4) is 0 Å². The first-order valence-corrected chi connectivity index (χ1v) is 11.8. The molecule has 0 bridgehead atoms. The first-order valence-electron chi connectivity index (χ1n) is 11.4. The van der Waals surface area contributed by atoms with Crippen molar-refractivity contribution in [3.05, 3.63) is 84.4 Å². The number of benzene rings is 3. The molecule has 174 valence electrons. The van der Waals surface area contributed by atoms with Gasteiger partial charge in [0.25, 0.3) is 5.91 Å². The van der Waals surface area contributed by atoms with Gasteiger partial charge in [0.1, 0.15) is 0 Å². The number of rotatable bonds is 5. The highest BCUT2D eigenvalue weighted by atomic mass is 32.1. The Kier molecular flexibility index (Phi) is 7.54. The zero-order valence-electron chi connectivity index (χ0n) is 19.2. The highest BCUT2D eigenvalue weighted by Gasteiger charge is 2.20. The van der Waals surface area contributed by atoms with Gasteiger partial charge in [0.05, 0.1) is 0 Å². The molecule has 1 saturated heterocycles. The normalized spacial score (nSPS) is 13.3. The van der Waals surface area contributed by atoms with Gasteiger partial charge in [-0.05, 0) is 59.7 Å². The third kappa shape index (κ3) is 5.80. The molecule has 0 unspecified atom stereocenters. The van der Waals surface area contributed by atoms with Crippen molar-refractivity contribution in [2.75, 3.05) is 36.4 Å². The van der Waals surface area contributed by atoms with Crippen LogP contribution in [-0.2, 0) is 4.79 Å². The molecule has 3 aromatic carbocycles. The average Bonchev–Trinajstić information content (AvgIpc) is 2.89. The number of nitrogens with zero attached hydrogens (tertiary/aromatic N) is 2. The van der Waals surface area contributed by atoms with Crippen LogP contribution >= 0.6 is 12.2 Å². The Hall–Kier alpha value is -3.71. The number of anilines is 2. The molecule has 0 saturated carbocycles. The summed E-state index contributed by atoms with van der Waals surface area (Å²) >= 11 is 5.33. The van der Waals surface area contributed by atoms with Gasteiger partial charge in [0, 0.05) is 49.5 Å². The van der Waals surface area contributed by atoms with E-state index in [-0.39, 0.29) is 16.9 Å². The van der Waals surface area contributed by atoms with Gasteiger partial charge in [-0.3, -0.25) is 14.9 Å². The zero-order chi connectivity index (χ0) is 23.9. The van der Waals surface area contributed by atoms with E-state index in [2.05, 4.69) is 15.5 Å². The number of hydrogen-bond donors (Lipinski definition) is 2. The maximum Gasteiger partial charge on any atom is 0.257 e. The predicted octanol–water partition coefficient (Wildman–Crippen LogP) is 4.54. The Morgan fingerprint density at radius 1 is 0.824 bits per heavy atom. The molecule has 0 atom stereocenters. The third-order valence-electron chi connectivity index (χ3n) is 5.91. The summed E-state index contributed by atoms with van der Waals surface area (Å²) in [5, 5.41) is 6.05. The number of nitrogens with one attached hydrogen (secondary N) is 2. The highest BCUT2D eigenvalue weighted by Crippen LogP contribution is 2.21. The van der Waals surface area contributed by atoms with Gasteiger partial charge in [-0.2, -0.15) is 0 Å². The molecule has 7 heteroatoms. The lowest BCUT2D eigenvalue weighted by Gasteiger charge is -2.36. The van der Waals surface area contributed by atoms with Crippen LogP contribution < -0.4 is 15.5 Å². The van der Waals surface area contributed by atoms with Gasteiger partial charge in [-0.1, -0.05) is 49.4 Å². The molecule has 0 radical (unpaired) electrons. The van der Waals surface area contributed by atoms with Crippen LogP contribution in [0.2, 0.25) is 0 Å². The molecule has 1 fully saturated rings. The zero-order valence-corrected chi connectivity index (χ0v) is 20.0. The summed E-state index contributed by atoms with van der Waals surface area (Å²) in [5.74, 6) is -0.0462. The minimum atomic E-state index is -0.256. The van der Waals surface area contributed by atoms with E-state index >= 15 is 0 Å². The number of carbonyl (C=O) groups is 2. The van der Waals surface area contributed by atoms with Gasteiger partial charge in [0.15, 0.2) is 5.11 Å². The van der Waals surface area contributed by atoms with Gasteiger partial charge in [-0.25, -0.2) is 0 Å². The van der Waals surface area contributed by atoms with Crippen molar-refractivity contribution >= 4 is 40.5 Å². The molecular weight excluding hydrogens is 444 g/mol. The second-order valence-corrected chi connectivity index (χ2v) is 8.53. The quantitative estimate of drug-likeness (QED) is 0.534. The maximum atomic E-state index is 12.6. The molecule has 1 heterocycles. The molecule has 34 heavy (non-hydrogen) atoms. The summed E-state index contributed by atoms with van der Waals surface area (Å²) in [6.45, 7) is 5.02. The van der Waals surface area contributed by atoms with Crippen molar-refractivity contribution < 1.29 is 9.59 Å². The lowest BCUT2D eigenvalue weighted by Crippen LogP contribution is -2.48. The van der Waals surface area contributed by atoms with E-state index in [0.29, 0.717) is 12.0 Å². The van der Waals surface area contributed by atoms with Crippen molar-refractivity contribution in [1.29, 1.82) is 0 Å². The van der Waals surface area contributed by atoms with Crippen LogP contribution in [0.5, 0.6) is 0 Å². The van der Waals surface area contributed by atoms with Gasteiger partial charge >= 0.3 is 0 Å². The average molecular weight is 473 g/mol. The minimum absolute atomic E-state index is 0.210. The van der Waals surface area contributed by atoms with E-state index in [1.165, 1.54) is 0 Å². The van der Waals surface area contributed by atoms with Crippen LogP contribution in [0.4, 0.5) is 11.4 Å². The number of carbonyl (C=O) groups excluding carboxylic acids is 2. The van der Waals surface area contributed by atoms with E-state index < -0.39 is 0 Å². The Bertz CT molecular complexity index is 1140. The lowest BCUT2D eigenvalue weighted by atomic mass is 10.0. The summed E-state index contributed by atoms with van der Waals surface area (Å²) in [6, 6.07) is 25.4. The lowest BCUT2D eigenvalue weighted by molar-refractivity contribution is -0.131. The van der Waals surface area contributed by atoms with E-state index in [1.54, 1.807) is 12.1 Å². The molecule has 4 rings (SSSR count). The molecule has 3 aromatic rings. The van der Waals surface area contributed by atoms with Crippen LogP contribution in [-0.4, -0.2) is 48.0 Å². The molecule has 0 aliphatic carbocycles. The Morgan fingerprint density at radius 3 is 2.06 bits per heavy atom. The molecule has 0 spiro atoms. The van der Waals surface area contributed by atoms with Crippen molar-refractivity contribution in [3.8, 4) is 11.1 Å². The smallest absolute Gasteiger partial charge is 0.257 e. The van der Waals surface area contributed by atoms with E-state index in [1.807, 2.05) is 78.6 Å². The van der Waals surface area contributed by atoms with Gasteiger partial charge < -0.3 is 15.1 Å². The molecule has 2 N–H and O–H groups in total. The summed E-state index contributed by atoms with van der Waals surface area (Å²) < 4.78 is 0. The second-order valence-electron chi connectivity index (χ2n) is 8.12. The first-order chi connectivity index (χ1) is 16.5. The molecule has 0 aromatic heterocycles.